The topological polar surface area (TPSA) is 82.2 Å². The summed E-state index contributed by atoms with van der Waals surface area (Å²) < 4.78 is 5.65. The molecule has 4 rings (SSSR count). The highest BCUT2D eigenvalue weighted by atomic mass is 16.5. The van der Waals surface area contributed by atoms with Crippen molar-refractivity contribution in [3.05, 3.63) is 59.7 Å². The van der Waals surface area contributed by atoms with E-state index in [1.165, 1.54) is 0 Å². The van der Waals surface area contributed by atoms with E-state index >= 15 is 0 Å². The van der Waals surface area contributed by atoms with Gasteiger partial charge in [0.05, 0.1) is 18.2 Å². The minimum atomic E-state index is -0.416. The average molecular weight is 465 g/mol. The lowest BCUT2D eigenvalue weighted by Gasteiger charge is -2.32. The van der Waals surface area contributed by atoms with E-state index in [4.69, 9.17) is 4.74 Å². The van der Waals surface area contributed by atoms with Crippen LogP contribution in [0.25, 0.3) is 0 Å². The van der Waals surface area contributed by atoms with Crippen LogP contribution in [0.2, 0.25) is 0 Å². The van der Waals surface area contributed by atoms with Crippen molar-refractivity contribution in [3.63, 3.8) is 0 Å². The van der Waals surface area contributed by atoms with Crippen LogP contribution in [0, 0.1) is 5.92 Å². The molecule has 1 unspecified atom stereocenters. The molecule has 34 heavy (non-hydrogen) atoms. The number of benzene rings is 2. The van der Waals surface area contributed by atoms with Crippen LogP contribution in [0.3, 0.4) is 0 Å². The molecule has 1 atom stereocenters. The summed E-state index contributed by atoms with van der Waals surface area (Å²) in [5, 5.41) is 2.94. The Morgan fingerprint density at radius 2 is 1.74 bits per heavy atom. The second kappa shape index (κ2) is 10.7. The zero-order valence-electron chi connectivity index (χ0n) is 19.8. The Balaban J connectivity index is 1.31. The van der Waals surface area contributed by atoms with Crippen molar-refractivity contribution in [2.45, 2.75) is 19.9 Å². The zero-order valence-corrected chi connectivity index (χ0v) is 19.8. The molecule has 3 amide bonds. The maximum atomic E-state index is 12.8. The van der Waals surface area contributed by atoms with E-state index in [9.17, 15) is 14.4 Å². The van der Waals surface area contributed by atoms with Gasteiger partial charge in [-0.05, 0) is 43.8 Å². The maximum absolute atomic E-state index is 12.8. The van der Waals surface area contributed by atoms with E-state index in [0.29, 0.717) is 36.7 Å². The molecule has 2 aromatic carbocycles. The lowest BCUT2D eigenvalue weighted by Crippen LogP contribution is -2.47. The summed E-state index contributed by atoms with van der Waals surface area (Å²) in [7, 11) is 2.06. The van der Waals surface area contributed by atoms with Crippen LogP contribution in [0.5, 0.6) is 5.75 Å². The van der Waals surface area contributed by atoms with Gasteiger partial charge in [0.1, 0.15) is 5.75 Å². The monoisotopic (exact) mass is 464 g/mol. The average Bonchev–Trinajstić information content (AvgIpc) is 3.25. The normalized spacial score (nSPS) is 18.8. The fourth-order valence-electron chi connectivity index (χ4n) is 4.36. The van der Waals surface area contributed by atoms with Gasteiger partial charge in [-0.3, -0.25) is 14.4 Å². The standard InChI is InChI=1S/C26H32N4O4/c1-3-34-23-7-5-4-6-22(23)30-18-21(16-24(30)31)25(32)27-17-19-8-10-20(11-9-19)26(33)29-14-12-28(2)13-15-29/h4-11,21H,3,12-18H2,1-2H3,(H,27,32). The number of likely N-dealkylation sites (N-methyl/N-ethyl adjacent to an activating group) is 1. The third-order valence-corrected chi connectivity index (χ3v) is 6.41. The van der Waals surface area contributed by atoms with E-state index < -0.39 is 5.92 Å². The summed E-state index contributed by atoms with van der Waals surface area (Å²) in [6.07, 6.45) is 0.171. The van der Waals surface area contributed by atoms with Gasteiger partial charge in [0, 0.05) is 51.3 Å². The van der Waals surface area contributed by atoms with Gasteiger partial charge in [-0.2, -0.15) is 0 Å². The Labute approximate surface area is 200 Å². The van der Waals surface area contributed by atoms with Gasteiger partial charge in [0.2, 0.25) is 11.8 Å². The number of nitrogens with zero attached hydrogens (tertiary/aromatic N) is 3. The number of amides is 3. The molecule has 0 bridgehead atoms. The van der Waals surface area contributed by atoms with Gasteiger partial charge in [0.15, 0.2) is 0 Å². The first kappa shape index (κ1) is 23.8. The molecular weight excluding hydrogens is 432 g/mol. The maximum Gasteiger partial charge on any atom is 0.253 e. The Bertz CT molecular complexity index is 1030. The van der Waals surface area contributed by atoms with E-state index in [0.717, 1.165) is 31.7 Å². The van der Waals surface area contributed by atoms with Crippen molar-refractivity contribution in [2.75, 3.05) is 51.3 Å². The molecule has 2 heterocycles. The molecule has 0 radical (unpaired) electrons. The smallest absolute Gasteiger partial charge is 0.253 e. The minimum absolute atomic E-state index is 0.0422. The molecular formula is C26H32N4O4. The second-order valence-corrected chi connectivity index (χ2v) is 8.82. The molecule has 180 valence electrons. The summed E-state index contributed by atoms with van der Waals surface area (Å²) in [4.78, 5) is 43.8. The lowest BCUT2D eigenvalue weighted by molar-refractivity contribution is -0.126. The van der Waals surface area contributed by atoms with Gasteiger partial charge >= 0.3 is 0 Å². The van der Waals surface area contributed by atoms with E-state index in [-0.39, 0.29) is 24.1 Å². The van der Waals surface area contributed by atoms with E-state index in [1.54, 1.807) is 4.90 Å². The van der Waals surface area contributed by atoms with Crippen LogP contribution >= 0.6 is 0 Å². The van der Waals surface area contributed by atoms with Gasteiger partial charge in [-0.15, -0.1) is 0 Å². The fourth-order valence-corrected chi connectivity index (χ4v) is 4.36. The molecule has 1 N–H and O–H groups in total. The number of carbonyl (C=O) groups excluding carboxylic acids is 3. The van der Waals surface area contributed by atoms with Gasteiger partial charge in [0.25, 0.3) is 5.91 Å². The van der Waals surface area contributed by atoms with Crippen LogP contribution in [0.4, 0.5) is 5.69 Å². The number of para-hydroxylation sites is 2. The molecule has 0 aliphatic carbocycles. The van der Waals surface area contributed by atoms with Crippen LogP contribution in [0.1, 0.15) is 29.3 Å². The molecule has 0 spiro atoms. The Kier molecular flexibility index (Phi) is 7.47. The largest absolute Gasteiger partial charge is 0.492 e. The number of ether oxygens (including phenoxy) is 1. The summed E-state index contributed by atoms with van der Waals surface area (Å²) in [5.74, 6) is 0.0351. The fraction of sp³-hybridized carbons (Fsp3) is 0.423. The van der Waals surface area contributed by atoms with Gasteiger partial charge in [-0.1, -0.05) is 24.3 Å². The first-order valence-corrected chi connectivity index (χ1v) is 11.8. The zero-order chi connectivity index (χ0) is 24.1. The highest BCUT2D eigenvalue weighted by Gasteiger charge is 2.36. The Morgan fingerprint density at radius 1 is 1.03 bits per heavy atom. The lowest BCUT2D eigenvalue weighted by atomic mass is 10.1. The number of piperazine rings is 1. The molecule has 2 aliphatic rings. The van der Waals surface area contributed by atoms with Crippen molar-refractivity contribution in [1.29, 1.82) is 0 Å². The molecule has 2 fully saturated rings. The number of hydrogen-bond acceptors (Lipinski definition) is 5. The first-order chi connectivity index (χ1) is 16.5. The number of carbonyl (C=O) groups is 3. The number of anilines is 1. The molecule has 0 aromatic heterocycles. The van der Waals surface area contributed by atoms with E-state index in [1.807, 2.05) is 60.4 Å². The molecule has 2 aromatic rings. The Morgan fingerprint density at radius 3 is 2.44 bits per heavy atom. The van der Waals surface area contributed by atoms with Crippen molar-refractivity contribution >= 4 is 23.4 Å². The highest BCUT2D eigenvalue weighted by Crippen LogP contribution is 2.33. The molecule has 2 saturated heterocycles. The van der Waals surface area contributed by atoms with Crippen LogP contribution < -0.4 is 15.0 Å². The van der Waals surface area contributed by atoms with E-state index in [2.05, 4.69) is 17.3 Å². The predicted octanol–water partition coefficient (Wildman–Crippen LogP) is 2.14. The molecule has 0 saturated carbocycles. The van der Waals surface area contributed by atoms with Crippen molar-refractivity contribution in [2.24, 2.45) is 5.92 Å². The number of hydrogen-bond donors (Lipinski definition) is 1. The molecule has 8 nitrogen and oxygen atoms in total. The first-order valence-electron chi connectivity index (χ1n) is 11.8. The molecule has 8 heteroatoms. The van der Waals surface area contributed by atoms with Gasteiger partial charge in [-0.25, -0.2) is 0 Å². The van der Waals surface area contributed by atoms with Crippen LogP contribution in [-0.2, 0) is 16.1 Å². The van der Waals surface area contributed by atoms with Crippen LogP contribution in [-0.4, -0.2) is 73.9 Å². The third-order valence-electron chi connectivity index (χ3n) is 6.41. The summed E-state index contributed by atoms with van der Waals surface area (Å²) in [6.45, 7) is 6.31. The second-order valence-electron chi connectivity index (χ2n) is 8.82. The van der Waals surface area contributed by atoms with Crippen molar-refractivity contribution in [1.82, 2.24) is 15.1 Å². The SMILES string of the molecule is CCOc1ccccc1N1CC(C(=O)NCc2ccc(C(=O)N3CCN(C)CC3)cc2)CC1=O. The summed E-state index contributed by atoms with van der Waals surface area (Å²) in [5.41, 5.74) is 2.26. The number of nitrogens with one attached hydrogen (secondary N) is 1. The summed E-state index contributed by atoms with van der Waals surface area (Å²) >= 11 is 0. The highest BCUT2D eigenvalue weighted by molar-refractivity contribution is 6.01. The molecule has 2 aliphatic heterocycles. The third kappa shape index (κ3) is 5.39. The number of rotatable bonds is 7. The predicted molar refractivity (Wildman–Crippen MR) is 130 cm³/mol. The quantitative estimate of drug-likeness (QED) is 0.679. The van der Waals surface area contributed by atoms with Crippen molar-refractivity contribution < 1.29 is 19.1 Å². The van der Waals surface area contributed by atoms with Crippen molar-refractivity contribution in [3.8, 4) is 5.75 Å². The van der Waals surface area contributed by atoms with Gasteiger partial charge < -0.3 is 24.8 Å². The Hall–Kier alpha value is -3.39. The van der Waals surface area contributed by atoms with Crippen LogP contribution in [0.15, 0.2) is 48.5 Å². The summed E-state index contributed by atoms with van der Waals surface area (Å²) in [6, 6.07) is 14.8. The minimum Gasteiger partial charge on any atom is -0.492 e.